The Hall–Kier alpha value is -2.08. The smallest absolute Gasteiger partial charge is 0.243 e. The van der Waals surface area contributed by atoms with Crippen molar-refractivity contribution in [2.45, 2.75) is 32.1 Å². The van der Waals surface area contributed by atoms with Crippen molar-refractivity contribution in [3.63, 3.8) is 0 Å². The Bertz CT molecular complexity index is 576. The fourth-order valence-electron chi connectivity index (χ4n) is 3.38. The van der Waals surface area contributed by atoms with Crippen molar-refractivity contribution >= 4 is 23.2 Å². The molecule has 0 radical (unpaired) electrons. The maximum Gasteiger partial charge on any atom is 0.243 e. The van der Waals surface area contributed by atoms with Crippen LogP contribution in [0.2, 0.25) is 0 Å². The van der Waals surface area contributed by atoms with Crippen LogP contribution < -0.4 is 15.5 Å². The summed E-state index contributed by atoms with van der Waals surface area (Å²) < 4.78 is 5.25. The van der Waals surface area contributed by atoms with Crippen LogP contribution in [-0.4, -0.2) is 44.7 Å². The van der Waals surface area contributed by atoms with Crippen LogP contribution in [0.5, 0.6) is 0 Å². The van der Waals surface area contributed by atoms with Crippen LogP contribution in [0.1, 0.15) is 32.1 Å². The van der Waals surface area contributed by atoms with E-state index in [0.717, 1.165) is 31.6 Å². The van der Waals surface area contributed by atoms with Gasteiger partial charge < -0.3 is 20.3 Å². The van der Waals surface area contributed by atoms with Gasteiger partial charge in [0.2, 0.25) is 11.8 Å². The van der Waals surface area contributed by atoms with Crippen LogP contribution >= 0.6 is 0 Å². The predicted molar refractivity (Wildman–Crippen MR) is 97.7 cm³/mol. The van der Waals surface area contributed by atoms with E-state index in [1.807, 2.05) is 24.3 Å². The molecule has 25 heavy (non-hydrogen) atoms. The van der Waals surface area contributed by atoms with Crippen molar-refractivity contribution in [1.29, 1.82) is 0 Å². The van der Waals surface area contributed by atoms with Crippen LogP contribution in [0.4, 0.5) is 11.4 Å². The highest BCUT2D eigenvalue weighted by atomic mass is 16.5. The number of ether oxygens (including phenoxy) is 1. The number of piperidine rings is 1. The molecule has 1 aromatic rings. The minimum absolute atomic E-state index is 0.00403. The van der Waals surface area contributed by atoms with Gasteiger partial charge in [0, 0.05) is 43.6 Å². The first-order chi connectivity index (χ1) is 12.2. The molecule has 2 fully saturated rings. The van der Waals surface area contributed by atoms with E-state index in [9.17, 15) is 9.59 Å². The Morgan fingerprint density at radius 1 is 1.04 bits per heavy atom. The molecular formula is C19H27N3O3. The third kappa shape index (κ3) is 5.19. The molecule has 0 aliphatic carbocycles. The van der Waals surface area contributed by atoms with E-state index in [1.54, 1.807) is 0 Å². The van der Waals surface area contributed by atoms with Crippen LogP contribution in [0.25, 0.3) is 0 Å². The Morgan fingerprint density at radius 2 is 1.72 bits per heavy atom. The van der Waals surface area contributed by atoms with E-state index < -0.39 is 0 Å². The minimum atomic E-state index is -0.203. The monoisotopic (exact) mass is 345 g/mol. The van der Waals surface area contributed by atoms with Gasteiger partial charge in [0.1, 0.15) is 0 Å². The van der Waals surface area contributed by atoms with Gasteiger partial charge in [0.15, 0.2) is 0 Å². The topological polar surface area (TPSA) is 70.7 Å². The third-order valence-corrected chi connectivity index (χ3v) is 4.89. The fourth-order valence-corrected chi connectivity index (χ4v) is 3.38. The Labute approximate surface area is 148 Å². The molecule has 1 aromatic carbocycles. The molecule has 0 saturated carbocycles. The van der Waals surface area contributed by atoms with Gasteiger partial charge >= 0.3 is 0 Å². The summed E-state index contributed by atoms with van der Waals surface area (Å²) in [6.45, 7) is 3.44. The number of carbonyl (C=O) groups excluding carboxylic acids is 2. The van der Waals surface area contributed by atoms with E-state index >= 15 is 0 Å². The molecule has 2 amide bonds. The van der Waals surface area contributed by atoms with Gasteiger partial charge in [0.25, 0.3) is 0 Å². The third-order valence-electron chi connectivity index (χ3n) is 4.89. The lowest BCUT2D eigenvalue weighted by molar-refractivity contribution is -0.129. The molecule has 3 rings (SSSR count). The van der Waals surface area contributed by atoms with Crippen molar-refractivity contribution in [1.82, 2.24) is 5.32 Å². The molecule has 0 spiro atoms. The van der Waals surface area contributed by atoms with Gasteiger partial charge in [-0.3, -0.25) is 9.59 Å². The second-order valence-corrected chi connectivity index (χ2v) is 6.75. The van der Waals surface area contributed by atoms with E-state index in [1.165, 1.54) is 24.9 Å². The average Bonchev–Trinajstić information content (AvgIpc) is 2.68. The van der Waals surface area contributed by atoms with Crippen LogP contribution in [0, 0.1) is 5.92 Å². The van der Waals surface area contributed by atoms with Gasteiger partial charge in [-0.2, -0.15) is 0 Å². The summed E-state index contributed by atoms with van der Waals surface area (Å²) in [5.74, 6) is -0.296. The molecule has 6 nitrogen and oxygen atoms in total. The van der Waals surface area contributed by atoms with E-state index in [0.29, 0.717) is 13.2 Å². The number of anilines is 2. The number of benzene rings is 1. The zero-order chi connectivity index (χ0) is 17.5. The van der Waals surface area contributed by atoms with Gasteiger partial charge in [-0.15, -0.1) is 0 Å². The first kappa shape index (κ1) is 17.7. The lowest BCUT2D eigenvalue weighted by Gasteiger charge is -2.28. The van der Waals surface area contributed by atoms with Crippen molar-refractivity contribution < 1.29 is 14.3 Å². The molecule has 2 heterocycles. The number of nitrogens with one attached hydrogen (secondary N) is 2. The van der Waals surface area contributed by atoms with E-state index in [2.05, 4.69) is 15.5 Å². The SMILES string of the molecule is O=C(CNC(=O)C1CCOCC1)Nc1ccc(N2CCCCC2)cc1. The standard InChI is InChI=1S/C19H27N3O3/c23-18(14-20-19(24)15-8-12-25-13-9-15)21-16-4-6-17(7-5-16)22-10-2-1-3-11-22/h4-7,15H,1-3,8-14H2,(H,20,24)(H,21,23). The van der Waals surface area contributed by atoms with Crippen molar-refractivity contribution in [2.75, 3.05) is 43.1 Å². The lowest BCUT2D eigenvalue weighted by atomic mass is 9.99. The van der Waals surface area contributed by atoms with E-state index in [4.69, 9.17) is 4.74 Å². The average molecular weight is 345 g/mol. The number of amides is 2. The first-order valence-electron chi connectivity index (χ1n) is 9.23. The quantitative estimate of drug-likeness (QED) is 0.858. The molecule has 6 heteroatoms. The summed E-state index contributed by atoms with van der Waals surface area (Å²) in [5.41, 5.74) is 1.96. The zero-order valence-corrected chi connectivity index (χ0v) is 14.6. The summed E-state index contributed by atoms with van der Waals surface area (Å²) in [7, 11) is 0. The van der Waals surface area contributed by atoms with Crippen molar-refractivity contribution in [2.24, 2.45) is 5.92 Å². The highest BCUT2D eigenvalue weighted by Crippen LogP contribution is 2.21. The summed E-state index contributed by atoms with van der Waals surface area (Å²) in [4.78, 5) is 26.4. The molecule has 2 saturated heterocycles. The van der Waals surface area contributed by atoms with Gasteiger partial charge in [0.05, 0.1) is 6.54 Å². The summed E-state index contributed by atoms with van der Waals surface area (Å²) >= 11 is 0. The predicted octanol–water partition coefficient (Wildman–Crippen LogP) is 2.16. The molecular weight excluding hydrogens is 318 g/mol. The second-order valence-electron chi connectivity index (χ2n) is 6.75. The number of nitrogens with zero attached hydrogens (tertiary/aromatic N) is 1. The Balaban J connectivity index is 1.43. The maximum absolute atomic E-state index is 12.0. The molecule has 0 unspecified atom stereocenters. The summed E-state index contributed by atoms with van der Waals surface area (Å²) in [6.07, 6.45) is 5.25. The minimum Gasteiger partial charge on any atom is -0.381 e. The normalized spacial score (nSPS) is 18.6. The van der Waals surface area contributed by atoms with Crippen LogP contribution in [-0.2, 0) is 14.3 Å². The summed E-state index contributed by atoms with van der Waals surface area (Å²) in [5, 5.41) is 5.55. The Morgan fingerprint density at radius 3 is 2.40 bits per heavy atom. The number of carbonyl (C=O) groups is 2. The zero-order valence-electron chi connectivity index (χ0n) is 14.6. The fraction of sp³-hybridized carbons (Fsp3) is 0.579. The molecule has 2 N–H and O–H groups in total. The molecule has 2 aliphatic rings. The number of hydrogen-bond acceptors (Lipinski definition) is 4. The first-order valence-corrected chi connectivity index (χ1v) is 9.23. The van der Waals surface area contributed by atoms with Gasteiger partial charge in [-0.25, -0.2) is 0 Å². The Kier molecular flexibility index (Phi) is 6.28. The summed E-state index contributed by atoms with van der Waals surface area (Å²) in [6, 6.07) is 7.92. The van der Waals surface area contributed by atoms with E-state index in [-0.39, 0.29) is 24.3 Å². The molecule has 136 valence electrons. The highest BCUT2D eigenvalue weighted by Gasteiger charge is 2.21. The second kappa shape index (κ2) is 8.85. The lowest BCUT2D eigenvalue weighted by Crippen LogP contribution is -2.38. The van der Waals surface area contributed by atoms with Crippen LogP contribution in [0.3, 0.4) is 0 Å². The molecule has 0 atom stereocenters. The molecule has 0 aromatic heterocycles. The molecule has 2 aliphatic heterocycles. The number of hydrogen-bond donors (Lipinski definition) is 2. The number of rotatable bonds is 5. The van der Waals surface area contributed by atoms with Crippen molar-refractivity contribution in [3.8, 4) is 0 Å². The van der Waals surface area contributed by atoms with Gasteiger partial charge in [-0.1, -0.05) is 0 Å². The largest absolute Gasteiger partial charge is 0.381 e. The highest BCUT2D eigenvalue weighted by molar-refractivity contribution is 5.94. The van der Waals surface area contributed by atoms with Crippen LogP contribution in [0.15, 0.2) is 24.3 Å². The van der Waals surface area contributed by atoms with Crippen molar-refractivity contribution in [3.05, 3.63) is 24.3 Å². The molecule has 0 bridgehead atoms. The maximum atomic E-state index is 12.0. The van der Waals surface area contributed by atoms with Gasteiger partial charge in [-0.05, 0) is 56.4 Å².